The maximum atomic E-state index is 13.2. The van der Waals surface area contributed by atoms with Gasteiger partial charge in [0.25, 0.3) is 5.91 Å². The number of fused-ring (bicyclic) bond motifs is 1. The lowest BCUT2D eigenvalue weighted by Gasteiger charge is -2.27. The van der Waals surface area contributed by atoms with E-state index < -0.39 is 5.54 Å². The largest absolute Gasteiger partial charge is 0.484 e. The predicted octanol–water partition coefficient (Wildman–Crippen LogP) is 5.14. The van der Waals surface area contributed by atoms with Crippen molar-refractivity contribution in [3.63, 3.8) is 0 Å². The van der Waals surface area contributed by atoms with Gasteiger partial charge in [-0.3, -0.25) is 14.8 Å². The number of carbonyl (C=O) groups excluding carboxylic acids is 1. The van der Waals surface area contributed by atoms with Gasteiger partial charge in [-0.1, -0.05) is 17.7 Å². The van der Waals surface area contributed by atoms with E-state index >= 15 is 0 Å². The number of benzene rings is 1. The third-order valence-electron chi connectivity index (χ3n) is 5.89. The maximum absolute atomic E-state index is 13.2. The Morgan fingerprint density at radius 2 is 1.97 bits per heavy atom. The van der Waals surface area contributed by atoms with E-state index in [1.165, 1.54) is 24.3 Å². The average Bonchev–Trinajstić information content (AvgIpc) is 3.55. The summed E-state index contributed by atoms with van der Waals surface area (Å²) in [7, 11) is 0. The highest BCUT2D eigenvalue weighted by molar-refractivity contribution is 6.30. The highest BCUT2D eigenvalue weighted by Gasteiger charge is 2.47. The van der Waals surface area contributed by atoms with Crippen molar-refractivity contribution in [2.24, 2.45) is 0 Å². The van der Waals surface area contributed by atoms with E-state index in [1.54, 1.807) is 18.5 Å². The van der Waals surface area contributed by atoms with Crippen molar-refractivity contribution < 1.29 is 13.9 Å². The Labute approximate surface area is 184 Å². The molecule has 2 heterocycles. The average molecular weight is 438 g/mol. The van der Waals surface area contributed by atoms with E-state index in [0.29, 0.717) is 16.3 Å². The summed E-state index contributed by atoms with van der Waals surface area (Å²) in [5, 5.41) is 3.64. The molecule has 0 unspecified atom stereocenters. The molecule has 1 N–H and O–H groups in total. The Balaban J connectivity index is 1.36. The molecule has 7 heteroatoms. The number of ether oxygens (including phenoxy) is 1. The molecule has 1 amide bonds. The molecule has 31 heavy (non-hydrogen) atoms. The van der Waals surface area contributed by atoms with Crippen LogP contribution in [0.2, 0.25) is 5.02 Å². The standard InChI is InChI=1S/C24H21ClFN3O2/c25-16-12-18(14-27-13-16)31-21-3-1-2-20-19(21)8-9-22(28-20)24(10-11-24)29-23(30)15-4-6-17(26)7-5-15/h4-9,12-14,21H,1-3,10-11H2,(H,29,30)/t21-/m0/s1. The summed E-state index contributed by atoms with van der Waals surface area (Å²) < 4.78 is 19.3. The fraction of sp³-hybridized carbons (Fsp3) is 0.292. The number of nitrogens with zero attached hydrogens (tertiary/aromatic N) is 2. The van der Waals surface area contributed by atoms with Gasteiger partial charge in [-0.25, -0.2) is 4.39 Å². The zero-order valence-electron chi connectivity index (χ0n) is 16.8. The molecule has 1 saturated carbocycles. The molecule has 5 nitrogen and oxygen atoms in total. The lowest BCUT2D eigenvalue weighted by atomic mass is 9.92. The van der Waals surface area contributed by atoms with Gasteiger partial charge in [0.15, 0.2) is 0 Å². The van der Waals surface area contributed by atoms with Gasteiger partial charge in [0.2, 0.25) is 0 Å². The summed E-state index contributed by atoms with van der Waals surface area (Å²) in [5.41, 5.74) is 2.92. The number of amides is 1. The molecule has 3 aromatic rings. The van der Waals surface area contributed by atoms with Gasteiger partial charge >= 0.3 is 0 Å². The van der Waals surface area contributed by atoms with Crippen LogP contribution in [0.5, 0.6) is 5.75 Å². The first kappa shape index (κ1) is 19.9. The molecule has 5 rings (SSSR count). The van der Waals surface area contributed by atoms with E-state index in [9.17, 15) is 9.18 Å². The first-order chi connectivity index (χ1) is 15.0. The van der Waals surface area contributed by atoms with Crippen LogP contribution in [0, 0.1) is 5.82 Å². The Kier molecular flexibility index (Phi) is 5.10. The fourth-order valence-electron chi connectivity index (χ4n) is 4.09. The summed E-state index contributed by atoms with van der Waals surface area (Å²) in [5.74, 6) is 0.0608. The summed E-state index contributed by atoms with van der Waals surface area (Å²) in [6.07, 6.45) is 7.54. The number of hydrogen-bond acceptors (Lipinski definition) is 4. The van der Waals surface area contributed by atoms with Gasteiger partial charge in [0.05, 0.1) is 22.5 Å². The second-order valence-corrected chi connectivity index (χ2v) is 8.55. The van der Waals surface area contributed by atoms with E-state index in [0.717, 1.165) is 49.1 Å². The van der Waals surface area contributed by atoms with Gasteiger partial charge in [-0.2, -0.15) is 0 Å². The summed E-state index contributed by atoms with van der Waals surface area (Å²) >= 11 is 6.03. The van der Waals surface area contributed by atoms with Gasteiger partial charge in [-0.05, 0) is 62.4 Å². The second kappa shape index (κ2) is 7.93. The van der Waals surface area contributed by atoms with Gasteiger partial charge in [0, 0.05) is 29.1 Å². The van der Waals surface area contributed by atoms with Gasteiger partial charge < -0.3 is 10.1 Å². The van der Waals surface area contributed by atoms with Crippen molar-refractivity contribution in [1.82, 2.24) is 15.3 Å². The molecule has 1 atom stereocenters. The Bertz CT molecular complexity index is 1130. The SMILES string of the molecule is O=C(NC1(c2ccc3c(n2)CCC[C@@H]3Oc2cncc(Cl)c2)CC1)c1ccc(F)cc1. The van der Waals surface area contributed by atoms with Crippen molar-refractivity contribution in [3.05, 3.63) is 88.2 Å². The van der Waals surface area contributed by atoms with Crippen LogP contribution in [0.3, 0.4) is 0 Å². The molecule has 158 valence electrons. The molecule has 2 aromatic heterocycles. The molecule has 1 fully saturated rings. The lowest BCUT2D eigenvalue weighted by molar-refractivity contribution is 0.0929. The molecule has 0 aliphatic heterocycles. The number of aromatic nitrogens is 2. The van der Waals surface area contributed by atoms with Crippen LogP contribution in [0.1, 0.15) is 59.1 Å². The maximum Gasteiger partial charge on any atom is 0.252 e. The monoisotopic (exact) mass is 437 g/mol. The van der Waals surface area contributed by atoms with Crippen molar-refractivity contribution in [2.45, 2.75) is 43.7 Å². The van der Waals surface area contributed by atoms with Gasteiger partial charge in [0.1, 0.15) is 17.7 Å². The van der Waals surface area contributed by atoms with Crippen molar-refractivity contribution in [1.29, 1.82) is 0 Å². The number of halogens is 2. The fourth-order valence-corrected chi connectivity index (χ4v) is 4.25. The highest BCUT2D eigenvalue weighted by Crippen LogP contribution is 2.46. The van der Waals surface area contributed by atoms with Crippen LogP contribution >= 0.6 is 11.6 Å². The first-order valence-electron chi connectivity index (χ1n) is 10.4. The Morgan fingerprint density at radius 3 is 2.71 bits per heavy atom. The van der Waals surface area contributed by atoms with Crippen LogP contribution in [0.25, 0.3) is 0 Å². The zero-order chi connectivity index (χ0) is 21.4. The molecule has 2 aliphatic rings. The van der Waals surface area contributed by atoms with E-state index in [4.69, 9.17) is 21.3 Å². The molecule has 0 radical (unpaired) electrons. The lowest BCUT2D eigenvalue weighted by Crippen LogP contribution is -2.36. The third-order valence-corrected chi connectivity index (χ3v) is 6.10. The quantitative estimate of drug-likeness (QED) is 0.600. The third kappa shape index (κ3) is 4.12. The number of hydrogen-bond donors (Lipinski definition) is 1. The Hall–Kier alpha value is -2.99. The summed E-state index contributed by atoms with van der Waals surface area (Å²) in [6.45, 7) is 0. The number of aryl methyl sites for hydroxylation is 1. The summed E-state index contributed by atoms with van der Waals surface area (Å²) in [4.78, 5) is 21.7. The van der Waals surface area contributed by atoms with E-state index in [1.807, 2.05) is 6.07 Å². The van der Waals surface area contributed by atoms with Gasteiger partial charge in [-0.15, -0.1) is 0 Å². The minimum Gasteiger partial charge on any atom is -0.484 e. The predicted molar refractivity (Wildman–Crippen MR) is 115 cm³/mol. The van der Waals surface area contributed by atoms with Crippen molar-refractivity contribution in [3.8, 4) is 5.75 Å². The molecule has 0 saturated heterocycles. The first-order valence-corrected chi connectivity index (χ1v) is 10.8. The number of pyridine rings is 2. The second-order valence-electron chi connectivity index (χ2n) is 8.11. The topological polar surface area (TPSA) is 64.1 Å². The van der Waals surface area contributed by atoms with Crippen molar-refractivity contribution >= 4 is 17.5 Å². The molecular weight excluding hydrogens is 417 g/mol. The molecule has 2 aliphatic carbocycles. The number of nitrogens with one attached hydrogen (secondary N) is 1. The van der Waals surface area contributed by atoms with Crippen LogP contribution in [0.15, 0.2) is 54.9 Å². The van der Waals surface area contributed by atoms with Crippen LogP contribution < -0.4 is 10.1 Å². The summed E-state index contributed by atoms with van der Waals surface area (Å²) in [6, 6.07) is 11.4. The molecular formula is C24H21ClFN3O2. The van der Waals surface area contributed by atoms with Crippen molar-refractivity contribution in [2.75, 3.05) is 0 Å². The molecule has 1 aromatic carbocycles. The van der Waals surface area contributed by atoms with Crippen LogP contribution in [-0.4, -0.2) is 15.9 Å². The van der Waals surface area contributed by atoms with E-state index in [2.05, 4.69) is 16.4 Å². The van der Waals surface area contributed by atoms with Crippen LogP contribution in [0.4, 0.5) is 4.39 Å². The minimum absolute atomic E-state index is 0.102. The zero-order valence-corrected chi connectivity index (χ0v) is 17.5. The normalized spacial score (nSPS) is 18.7. The Morgan fingerprint density at radius 1 is 1.16 bits per heavy atom. The smallest absolute Gasteiger partial charge is 0.252 e. The number of rotatable bonds is 5. The van der Waals surface area contributed by atoms with Crippen LogP contribution in [-0.2, 0) is 12.0 Å². The number of carbonyl (C=O) groups is 1. The molecule has 0 spiro atoms. The molecule has 0 bridgehead atoms. The minimum atomic E-state index is -0.453. The highest BCUT2D eigenvalue weighted by atomic mass is 35.5. The van der Waals surface area contributed by atoms with E-state index in [-0.39, 0.29) is 17.8 Å².